The number of anilines is 1. The van der Waals surface area contributed by atoms with Crippen LogP contribution in [-0.4, -0.2) is 40.0 Å². The molecule has 0 spiro atoms. The van der Waals surface area contributed by atoms with E-state index in [1.165, 1.54) is 11.3 Å². The van der Waals surface area contributed by atoms with Crippen molar-refractivity contribution in [2.75, 3.05) is 18.0 Å². The zero-order valence-electron chi connectivity index (χ0n) is 14.4. The van der Waals surface area contributed by atoms with Crippen LogP contribution in [-0.2, 0) is 13.5 Å². The van der Waals surface area contributed by atoms with Crippen LogP contribution in [0.5, 0.6) is 0 Å². The maximum atomic E-state index is 12.4. The van der Waals surface area contributed by atoms with Crippen molar-refractivity contribution >= 4 is 22.6 Å². The van der Waals surface area contributed by atoms with Crippen LogP contribution in [0.2, 0.25) is 0 Å². The van der Waals surface area contributed by atoms with E-state index in [2.05, 4.69) is 51.7 Å². The SMILES string of the molecule is CC1Cc2ccccc2N1CCNC(=O)c1ccc2c(c1)nnn2C. The maximum absolute atomic E-state index is 12.4. The minimum atomic E-state index is -0.0762. The third-order valence-electron chi connectivity index (χ3n) is 4.86. The molecular weight excluding hydrogens is 314 g/mol. The largest absolute Gasteiger partial charge is 0.367 e. The highest BCUT2D eigenvalue weighted by atomic mass is 16.1. The van der Waals surface area contributed by atoms with Gasteiger partial charge in [0, 0.05) is 37.4 Å². The average Bonchev–Trinajstić information content (AvgIpc) is 3.15. The van der Waals surface area contributed by atoms with E-state index in [0.717, 1.165) is 24.0 Å². The van der Waals surface area contributed by atoms with Crippen molar-refractivity contribution < 1.29 is 4.79 Å². The summed E-state index contributed by atoms with van der Waals surface area (Å²) in [6, 6.07) is 14.4. The van der Waals surface area contributed by atoms with Crippen molar-refractivity contribution in [1.29, 1.82) is 0 Å². The van der Waals surface area contributed by atoms with Gasteiger partial charge in [-0.3, -0.25) is 4.79 Å². The van der Waals surface area contributed by atoms with Gasteiger partial charge in [0.15, 0.2) is 0 Å². The lowest BCUT2D eigenvalue weighted by molar-refractivity contribution is 0.0954. The summed E-state index contributed by atoms with van der Waals surface area (Å²) in [6.07, 6.45) is 1.06. The molecule has 3 aromatic rings. The molecule has 128 valence electrons. The van der Waals surface area contributed by atoms with Gasteiger partial charge >= 0.3 is 0 Å². The molecule has 1 amide bonds. The van der Waals surface area contributed by atoms with E-state index in [1.54, 1.807) is 10.7 Å². The van der Waals surface area contributed by atoms with Crippen LogP contribution >= 0.6 is 0 Å². The Morgan fingerprint density at radius 3 is 3.00 bits per heavy atom. The molecule has 1 aliphatic rings. The molecule has 2 aromatic carbocycles. The molecule has 4 rings (SSSR count). The fourth-order valence-electron chi connectivity index (χ4n) is 3.54. The Bertz CT molecular complexity index is 932. The van der Waals surface area contributed by atoms with E-state index >= 15 is 0 Å². The Morgan fingerprint density at radius 2 is 2.12 bits per heavy atom. The smallest absolute Gasteiger partial charge is 0.251 e. The van der Waals surface area contributed by atoms with E-state index < -0.39 is 0 Å². The summed E-state index contributed by atoms with van der Waals surface area (Å²) in [4.78, 5) is 14.8. The standard InChI is InChI=1S/C19H21N5O/c1-13-11-14-5-3-4-6-17(14)24(13)10-9-20-19(25)15-7-8-18-16(12-15)21-22-23(18)2/h3-8,12-13H,9-11H2,1-2H3,(H,20,25). The number of para-hydroxylation sites is 1. The Morgan fingerprint density at radius 1 is 1.28 bits per heavy atom. The number of amides is 1. The van der Waals surface area contributed by atoms with Gasteiger partial charge in [0.2, 0.25) is 0 Å². The topological polar surface area (TPSA) is 63.1 Å². The van der Waals surface area contributed by atoms with Gasteiger partial charge in [-0.15, -0.1) is 5.10 Å². The number of benzene rings is 2. The zero-order valence-corrected chi connectivity index (χ0v) is 14.4. The summed E-state index contributed by atoms with van der Waals surface area (Å²) in [5, 5.41) is 11.0. The van der Waals surface area contributed by atoms with Gasteiger partial charge in [-0.2, -0.15) is 0 Å². The highest BCUT2D eigenvalue weighted by Crippen LogP contribution is 2.31. The summed E-state index contributed by atoms with van der Waals surface area (Å²) in [6.45, 7) is 3.64. The molecule has 1 atom stereocenters. The van der Waals surface area contributed by atoms with Crippen molar-refractivity contribution in [3.63, 3.8) is 0 Å². The van der Waals surface area contributed by atoms with Crippen molar-refractivity contribution in [1.82, 2.24) is 20.3 Å². The minimum absolute atomic E-state index is 0.0762. The number of hydrogen-bond donors (Lipinski definition) is 1. The van der Waals surface area contributed by atoms with Crippen LogP contribution in [0.15, 0.2) is 42.5 Å². The number of nitrogens with zero attached hydrogens (tertiary/aromatic N) is 4. The second-order valence-corrected chi connectivity index (χ2v) is 6.55. The number of fused-ring (bicyclic) bond motifs is 2. The molecule has 6 heteroatoms. The third kappa shape index (κ3) is 2.84. The predicted molar refractivity (Wildman–Crippen MR) is 97.8 cm³/mol. The molecule has 1 N–H and O–H groups in total. The molecular formula is C19H21N5O. The second-order valence-electron chi connectivity index (χ2n) is 6.55. The first-order valence-electron chi connectivity index (χ1n) is 8.55. The summed E-state index contributed by atoms with van der Waals surface area (Å²) in [5.74, 6) is -0.0762. The van der Waals surface area contributed by atoms with E-state index in [9.17, 15) is 4.79 Å². The van der Waals surface area contributed by atoms with Gasteiger partial charge in [0.25, 0.3) is 5.91 Å². The number of rotatable bonds is 4. The molecule has 2 heterocycles. The molecule has 6 nitrogen and oxygen atoms in total. The van der Waals surface area contributed by atoms with Crippen molar-refractivity contribution in [2.45, 2.75) is 19.4 Å². The van der Waals surface area contributed by atoms with Crippen LogP contribution in [0.3, 0.4) is 0 Å². The van der Waals surface area contributed by atoms with E-state index in [4.69, 9.17) is 0 Å². The molecule has 0 fully saturated rings. The second kappa shape index (κ2) is 6.20. The summed E-state index contributed by atoms with van der Waals surface area (Å²) < 4.78 is 1.70. The van der Waals surface area contributed by atoms with Crippen molar-refractivity contribution in [2.24, 2.45) is 7.05 Å². The molecule has 0 saturated carbocycles. The molecule has 0 bridgehead atoms. The van der Waals surface area contributed by atoms with Gasteiger partial charge in [-0.1, -0.05) is 23.4 Å². The number of carbonyl (C=O) groups is 1. The third-order valence-corrected chi connectivity index (χ3v) is 4.86. The number of nitrogens with one attached hydrogen (secondary N) is 1. The lowest BCUT2D eigenvalue weighted by atomic mass is 10.1. The number of aryl methyl sites for hydroxylation is 1. The number of carbonyl (C=O) groups excluding carboxylic acids is 1. The number of aromatic nitrogens is 3. The maximum Gasteiger partial charge on any atom is 0.251 e. The Hall–Kier alpha value is -2.89. The normalized spacial score (nSPS) is 16.2. The lowest BCUT2D eigenvalue weighted by Crippen LogP contribution is -2.37. The van der Waals surface area contributed by atoms with Gasteiger partial charge in [-0.25, -0.2) is 4.68 Å². The van der Waals surface area contributed by atoms with Crippen molar-refractivity contribution in [3.8, 4) is 0 Å². The first-order valence-corrected chi connectivity index (χ1v) is 8.55. The molecule has 0 radical (unpaired) electrons. The molecule has 1 aliphatic heterocycles. The quantitative estimate of drug-likeness (QED) is 0.793. The van der Waals surface area contributed by atoms with Crippen molar-refractivity contribution in [3.05, 3.63) is 53.6 Å². The van der Waals surface area contributed by atoms with E-state index in [0.29, 0.717) is 18.2 Å². The Labute approximate surface area is 146 Å². The molecule has 0 aliphatic carbocycles. The van der Waals surface area contributed by atoms with Crippen LogP contribution in [0.1, 0.15) is 22.8 Å². The molecule has 25 heavy (non-hydrogen) atoms. The average molecular weight is 335 g/mol. The van der Waals surface area contributed by atoms with Crippen LogP contribution in [0.4, 0.5) is 5.69 Å². The monoisotopic (exact) mass is 335 g/mol. The van der Waals surface area contributed by atoms with E-state index in [-0.39, 0.29) is 5.91 Å². The lowest BCUT2D eigenvalue weighted by Gasteiger charge is -2.25. The molecule has 1 unspecified atom stereocenters. The highest BCUT2D eigenvalue weighted by molar-refractivity contribution is 5.97. The highest BCUT2D eigenvalue weighted by Gasteiger charge is 2.24. The van der Waals surface area contributed by atoms with Crippen LogP contribution in [0.25, 0.3) is 11.0 Å². The van der Waals surface area contributed by atoms with Crippen LogP contribution < -0.4 is 10.2 Å². The fourth-order valence-corrected chi connectivity index (χ4v) is 3.54. The Balaban J connectivity index is 1.40. The zero-order chi connectivity index (χ0) is 17.4. The predicted octanol–water partition coefficient (Wildman–Crippen LogP) is 2.15. The first kappa shape index (κ1) is 15.6. The van der Waals surface area contributed by atoms with E-state index in [1.807, 2.05) is 19.2 Å². The van der Waals surface area contributed by atoms with Gasteiger partial charge in [0.1, 0.15) is 5.52 Å². The summed E-state index contributed by atoms with van der Waals surface area (Å²) >= 11 is 0. The Kier molecular flexibility index (Phi) is 3.87. The number of hydrogen-bond acceptors (Lipinski definition) is 4. The molecule has 0 saturated heterocycles. The minimum Gasteiger partial charge on any atom is -0.367 e. The van der Waals surface area contributed by atoms with Crippen LogP contribution in [0, 0.1) is 0 Å². The summed E-state index contributed by atoms with van der Waals surface area (Å²) in [5.41, 5.74) is 4.93. The summed E-state index contributed by atoms with van der Waals surface area (Å²) in [7, 11) is 1.84. The fraction of sp³-hybridized carbons (Fsp3) is 0.316. The molecule has 1 aromatic heterocycles. The first-order chi connectivity index (χ1) is 12.1. The van der Waals surface area contributed by atoms with Gasteiger partial charge in [-0.05, 0) is 43.2 Å². The van der Waals surface area contributed by atoms with Gasteiger partial charge < -0.3 is 10.2 Å². The van der Waals surface area contributed by atoms with Gasteiger partial charge in [0.05, 0.1) is 5.52 Å².